The molecule has 2 saturated heterocycles. The molecule has 1 unspecified atom stereocenters. The fourth-order valence-electron chi connectivity index (χ4n) is 2.65. The first-order valence-corrected chi connectivity index (χ1v) is 7.61. The summed E-state index contributed by atoms with van der Waals surface area (Å²) in [5.41, 5.74) is 0. The first-order valence-electron chi connectivity index (χ1n) is 7.61. The number of carbonyl (C=O) groups excluding carboxylic acids is 1. The van der Waals surface area contributed by atoms with Gasteiger partial charge in [-0.15, -0.1) is 0 Å². The molecule has 0 spiro atoms. The van der Waals surface area contributed by atoms with Crippen molar-refractivity contribution in [2.45, 2.75) is 12.5 Å². The Morgan fingerprint density at radius 2 is 2.05 bits per heavy atom. The molecule has 2 aliphatic heterocycles. The summed E-state index contributed by atoms with van der Waals surface area (Å²) >= 11 is 0. The maximum Gasteiger partial charge on any atom is 0.224 e. The van der Waals surface area contributed by atoms with E-state index in [4.69, 9.17) is 4.74 Å². The van der Waals surface area contributed by atoms with Crippen LogP contribution in [0.5, 0.6) is 0 Å². The lowest BCUT2D eigenvalue weighted by molar-refractivity contribution is -0.134. The number of likely N-dealkylation sites (N-methyl/N-ethyl adjacent to an activating group) is 1. The maximum absolute atomic E-state index is 12.2. The highest BCUT2D eigenvalue weighted by molar-refractivity contribution is 5.77. The smallest absolute Gasteiger partial charge is 0.224 e. The van der Waals surface area contributed by atoms with Crippen molar-refractivity contribution in [3.05, 3.63) is 0 Å². The third-order valence-corrected chi connectivity index (χ3v) is 4.01. The van der Waals surface area contributed by atoms with Crippen LogP contribution in [0.25, 0.3) is 0 Å². The number of rotatable bonds is 5. The van der Waals surface area contributed by atoms with Crippen LogP contribution >= 0.6 is 0 Å². The molecule has 1 atom stereocenters. The van der Waals surface area contributed by atoms with Gasteiger partial charge in [0.2, 0.25) is 5.91 Å². The molecule has 116 valence electrons. The number of piperazine rings is 1. The molecule has 6 heteroatoms. The number of carbonyl (C=O) groups is 1. The van der Waals surface area contributed by atoms with E-state index in [9.17, 15) is 4.79 Å². The van der Waals surface area contributed by atoms with Crippen LogP contribution in [0.2, 0.25) is 0 Å². The van der Waals surface area contributed by atoms with Gasteiger partial charge < -0.3 is 19.9 Å². The molecule has 0 saturated carbocycles. The Labute approximate surface area is 122 Å². The van der Waals surface area contributed by atoms with Crippen molar-refractivity contribution in [2.75, 3.05) is 73.1 Å². The highest BCUT2D eigenvalue weighted by Gasteiger charge is 2.24. The number of hydrogen-bond acceptors (Lipinski definition) is 5. The van der Waals surface area contributed by atoms with Gasteiger partial charge in [0.1, 0.15) is 0 Å². The second-order valence-electron chi connectivity index (χ2n) is 5.96. The second-order valence-corrected chi connectivity index (χ2v) is 5.96. The van der Waals surface area contributed by atoms with Gasteiger partial charge >= 0.3 is 0 Å². The van der Waals surface area contributed by atoms with Crippen molar-refractivity contribution in [1.82, 2.24) is 20.0 Å². The number of amides is 1. The SMILES string of the molecule is CN(C)CCN1CCN(C(=O)CC2COCCN2)CC1. The molecular formula is C14H28N4O2. The third kappa shape index (κ3) is 5.01. The van der Waals surface area contributed by atoms with Crippen LogP contribution < -0.4 is 5.32 Å². The van der Waals surface area contributed by atoms with E-state index in [1.165, 1.54) is 0 Å². The third-order valence-electron chi connectivity index (χ3n) is 4.01. The lowest BCUT2D eigenvalue weighted by Gasteiger charge is -2.36. The minimum absolute atomic E-state index is 0.197. The van der Waals surface area contributed by atoms with E-state index in [-0.39, 0.29) is 11.9 Å². The quantitative estimate of drug-likeness (QED) is 0.707. The Balaban J connectivity index is 1.66. The van der Waals surface area contributed by atoms with Gasteiger partial charge in [-0.3, -0.25) is 9.69 Å². The van der Waals surface area contributed by atoms with Gasteiger partial charge in [-0.2, -0.15) is 0 Å². The normalized spacial score (nSPS) is 25.1. The second kappa shape index (κ2) is 7.93. The molecular weight excluding hydrogens is 256 g/mol. The number of nitrogens with one attached hydrogen (secondary N) is 1. The molecule has 0 bridgehead atoms. The first kappa shape index (κ1) is 15.7. The number of morpholine rings is 1. The molecule has 2 aliphatic rings. The summed E-state index contributed by atoms with van der Waals surface area (Å²) in [6.07, 6.45) is 0.567. The molecule has 1 N–H and O–H groups in total. The highest BCUT2D eigenvalue weighted by Crippen LogP contribution is 2.07. The van der Waals surface area contributed by atoms with Crippen LogP contribution in [0.3, 0.4) is 0 Å². The number of hydrogen-bond donors (Lipinski definition) is 1. The van der Waals surface area contributed by atoms with Crippen molar-refractivity contribution in [3.8, 4) is 0 Å². The average Bonchev–Trinajstić information content (AvgIpc) is 2.46. The van der Waals surface area contributed by atoms with Crippen LogP contribution in [0.4, 0.5) is 0 Å². The fraction of sp³-hybridized carbons (Fsp3) is 0.929. The molecule has 1 amide bonds. The van der Waals surface area contributed by atoms with E-state index in [1.807, 2.05) is 4.90 Å². The average molecular weight is 284 g/mol. The Hall–Kier alpha value is -0.690. The maximum atomic E-state index is 12.2. The Morgan fingerprint density at radius 3 is 2.65 bits per heavy atom. The number of ether oxygens (including phenoxy) is 1. The van der Waals surface area contributed by atoms with Gasteiger partial charge in [0.05, 0.1) is 13.2 Å². The van der Waals surface area contributed by atoms with E-state index in [0.29, 0.717) is 13.0 Å². The molecule has 2 heterocycles. The van der Waals surface area contributed by atoms with Gasteiger partial charge in [-0.05, 0) is 14.1 Å². The highest BCUT2D eigenvalue weighted by atomic mass is 16.5. The molecule has 0 aliphatic carbocycles. The largest absolute Gasteiger partial charge is 0.378 e. The van der Waals surface area contributed by atoms with Crippen LogP contribution in [0, 0.1) is 0 Å². The topological polar surface area (TPSA) is 48.0 Å². The molecule has 0 radical (unpaired) electrons. The summed E-state index contributed by atoms with van der Waals surface area (Å²) in [6.45, 7) is 8.16. The Morgan fingerprint density at radius 1 is 1.30 bits per heavy atom. The van der Waals surface area contributed by atoms with Gasteiger partial charge in [-0.25, -0.2) is 0 Å². The first-order chi connectivity index (χ1) is 9.65. The summed E-state index contributed by atoms with van der Waals surface area (Å²) in [5.74, 6) is 0.264. The predicted molar refractivity (Wildman–Crippen MR) is 78.8 cm³/mol. The monoisotopic (exact) mass is 284 g/mol. The van der Waals surface area contributed by atoms with Crippen LogP contribution in [0.15, 0.2) is 0 Å². The molecule has 0 aromatic heterocycles. The standard InChI is InChI=1S/C14H28N4O2/c1-16(2)4-5-17-6-8-18(9-7-17)14(19)11-13-12-20-10-3-15-13/h13,15H,3-12H2,1-2H3. The van der Waals surface area contributed by atoms with Gasteiger partial charge in [0.25, 0.3) is 0 Å². The lowest BCUT2D eigenvalue weighted by atomic mass is 10.1. The van der Waals surface area contributed by atoms with E-state index in [0.717, 1.165) is 52.4 Å². The Bertz CT molecular complexity index is 298. The van der Waals surface area contributed by atoms with E-state index in [2.05, 4.69) is 29.2 Å². The van der Waals surface area contributed by atoms with Crippen molar-refractivity contribution in [1.29, 1.82) is 0 Å². The van der Waals surface area contributed by atoms with Crippen LogP contribution in [0.1, 0.15) is 6.42 Å². The molecule has 2 rings (SSSR count). The zero-order valence-electron chi connectivity index (χ0n) is 12.8. The summed E-state index contributed by atoms with van der Waals surface area (Å²) in [6, 6.07) is 0.197. The van der Waals surface area contributed by atoms with Gasteiger partial charge in [0, 0.05) is 58.3 Å². The van der Waals surface area contributed by atoms with Crippen molar-refractivity contribution >= 4 is 5.91 Å². The summed E-state index contributed by atoms with van der Waals surface area (Å²) in [7, 11) is 4.19. The van der Waals surface area contributed by atoms with Gasteiger partial charge in [0.15, 0.2) is 0 Å². The minimum Gasteiger partial charge on any atom is -0.378 e. The van der Waals surface area contributed by atoms with Crippen molar-refractivity contribution in [3.63, 3.8) is 0 Å². The molecule has 0 aromatic carbocycles. The lowest BCUT2D eigenvalue weighted by Crippen LogP contribution is -2.52. The zero-order chi connectivity index (χ0) is 14.4. The minimum atomic E-state index is 0.197. The van der Waals surface area contributed by atoms with Crippen LogP contribution in [-0.2, 0) is 9.53 Å². The summed E-state index contributed by atoms with van der Waals surface area (Å²) < 4.78 is 5.40. The predicted octanol–water partition coefficient (Wildman–Crippen LogP) is -0.929. The van der Waals surface area contributed by atoms with E-state index < -0.39 is 0 Å². The molecule has 6 nitrogen and oxygen atoms in total. The van der Waals surface area contributed by atoms with E-state index >= 15 is 0 Å². The summed E-state index contributed by atoms with van der Waals surface area (Å²) in [5, 5.41) is 3.34. The van der Waals surface area contributed by atoms with Crippen molar-refractivity contribution < 1.29 is 9.53 Å². The molecule has 0 aromatic rings. The summed E-state index contributed by atoms with van der Waals surface area (Å²) in [4.78, 5) is 18.9. The van der Waals surface area contributed by atoms with E-state index in [1.54, 1.807) is 0 Å². The number of nitrogens with zero attached hydrogens (tertiary/aromatic N) is 3. The van der Waals surface area contributed by atoms with Gasteiger partial charge in [-0.1, -0.05) is 0 Å². The Kier molecular flexibility index (Phi) is 6.22. The van der Waals surface area contributed by atoms with Crippen LogP contribution in [-0.4, -0.2) is 99.8 Å². The molecule has 2 fully saturated rings. The zero-order valence-corrected chi connectivity index (χ0v) is 12.8. The molecule has 20 heavy (non-hydrogen) atoms. The van der Waals surface area contributed by atoms with Crippen molar-refractivity contribution in [2.24, 2.45) is 0 Å². The fourth-order valence-corrected chi connectivity index (χ4v) is 2.65.